The minimum atomic E-state index is -0.755. The molecule has 7 heteroatoms. The SMILES string of the molecule is CC[C@H](C)c1ccc(N2C(=O)NC(=O)/C(=C/c3cn(CCOc4ccc(C)cc4)c4ccccc34)C2=O)cc1. The van der Waals surface area contributed by atoms with Crippen LogP contribution >= 0.6 is 0 Å². The van der Waals surface area contributed by atoms with Gasteiger partial charge in [-0.05, 0) is 61.2 Å². The number of imide groups is 2. The first-order chi connectivity index (χ1) is 18.9. The van der Waals surface area contributed by atoms with Gasteiger partial charge in [-0.25, -0.2) is 9.69 Å². The van der Waals surface area contributed by atoms with Crippen LogP contribution in [0.3, 0.4) is 0 Å². The molecule has 0 spiro atoms. The highest BCUT2D eigenvalue weighted by Crippen LogP contribution is 2.28. The third-order valence-corrected chi connectivity index (χ3v) is 7.18. The average molecular weight is 522 g/mol. The number of aryl methyl sites for hydroxylation is 1. The quantitative estimate of drug-likeness (QED) is 0.221. The molecule has 0 unspecified atom stereocenters. The van der Waals surface area contributed by atoms with Gasteiger partial charge in [0.15, 0.2) is 0 Å². The molecule has 4 aromatic rings. The molecule has 198 valence electrons. The van der Waals surface area contributed by atoms with Gasteiger partial charge in [-0.15, -0.1) is 0 Å². The van der Waals surface area contributed by atoms with E-state index in [9.17, 15) is 14.4 Å². The summed E-state index contributed by atoms with van der Waals surface area (Å²) < 4.78 is 7.95. The van der Waals surface area contributed by atoms with Crippen molar-refractivity contribution in [1.82, 2.24) is 9.88 Å². The third-order valence-electron chi connectivity index (χ3n) is 7.18. The number of barbiturate groups is 1. The Balaban J connectivity index is 1.42. The summed E-state index contributed by atoms with van der Waals surface area (Å²) >= 11 is 0. The highest BCUT2D eigenvalue weighted by atomic mass is 16.5. The van der Waals surface area contributed by atoms with Crippen molar-refractivity contribution in [2.45, 2.75) is 39.7 Å². The fourth-order valence-corrected chi connectivity index (χ4v) is 4.71. The Kier molecular flexibility index (Phi) is 7.32. The standard InChI is InChI=1S/C32H31N3O4/c1-4-22(3)23-11-13-25(14-12-23)35-31(37)28(30(36)33-32(35)38)19-24-20-34(29-8-6-5-7-27(24)29)17-18-39-26-15-9-21(2)10-16-26/h5-16,19-20,22H,4,17-18H2,1-3H3,(H,33,36,38)/b28-19-/t22-/m0/s1. The molecule has 1 aliphatic rings. The molecule has 2 heterocycles. The van der Waals surface area contributed by atoms with Crippen LogP contribution in [-0.4, -0.2) is 29.0 Å². The van der Waals surface area contributed by atoms with Gasteiger partial charge in [0.05, 0.1) is 12.2 Å². The number of para-hydroxylation sites is 1. The first kappa shape index (κ1) is 26.0. The molecule has 0 radical (unpaired) electrons. The molecule has 0 aliphatic carbocycles. The monoisotopic (exact) mass is 521 g/mol. The van der Waals surface area contributed by atoms with Crippen molar-refractivity contribution < 1.29 is 19.1 Å². The van der Waals surface area contributed by atoms with Gasteiger partial charge < -0.3 is 9.30 Å². The summed E-state index contributed by atoms with van der Waals surface area (Å²) in [6.07, 6.45) is 4.44. The summed E-state index contributed by atoms with van der Waals surface area (Å²) in [5, 5.41) is 3.21. The Morgan fingerprint density at radius 1 is 0.949 bits per heavy atom. The fourth-order valence-electron chi connectivity index (χ4n) is 4.71. The smallest absolute Gasteiger partial charge is 0.335 e. The van der Waals surface area contributed by atoms with Crippen LogP contribution in [-0.2, 0) is 16.1 Å². The number of benzene rings is 3. The van der Waals surface area contributed by atoms with Crippen LogP contribution in [0.4, 0.5) is 10.5 Å². The molecule has 39 heavy (non-hydrogen) atoms. The van der Waals surface area contributed by atoms with E-state index >= 15 is 0 Å². The number of urea groups is 1. The molecule has 1 saturated heterocycles. The number of anilines is 1. The number of nitrogens with one attached hydrogen (secondary N) is 1. The Morgan fingerprint density at radius 2 is 1.67 bits per heavy atom. The van der Waals surface area contributed by atoms with Gasteiger partial charge in [0, 0.05) is 22.7 Å². The molecule has 3 aromatic carbocycles. The first-order valence-electron chi connectivity index (χ1n) is 13.1. The van der Waals surface area contributed by atoms with E-state index in [0.29, 0.717) is 30.3 Å². The normalized spacial score (nSPS) is 15.6. The van der Waals surface area contributed by atoms with Gasteiger partial charge in [0.1, 0.15) is 17.9 Å². The summed E-state index contributed by atoms with van der Waals surface area (Å²) in [7, 11) is 0. The second kappa shape index (κ2) is 11.0. The molecule has 1 N–H and O–H groups in total. The molecule has 7 nitrogen and oxygen atoms in total. The van der Waals surface area contributed by atoms with E-state index in [0.717, 1.165) is 33.5 Å². The van der Waals surface area contributed by atoms with Gasteiger partial charge in [-0.3, -0.25) is 14.9 Å². The highest BCUT2D eigenvalue weighted by Gasteiger charge is 2.37. The van der Waals surface area contributed by atoms with Crippen LogP contribution in [0.25, 0.3) is 17.0 Å². The lowest BCUT2D eigenvalue weighted by Crippen LogP contribution is -2.54. The Hall–Kier alpha value is -4.65. The van der Waals surface area contributed by atoms with Crippen molar-refractivity contribution in [3.63, 3.8) is 0 Å². The lowest BCUT2D eigenvalue weighted by molar-refractivity contribution is -0.122. The Labute approximate surface area is 227 Å². The van der Waals surface area contributed by atoms with Gasteiger partial charge >= 0.3 is 6.03 Å². The number of hydrogen-bond donors (Lipinski definition) is 1. The van der Waals surface area contributed by atoms with E-state index in [1.807, 2.05) is 78.4 Å². The van der Waals surface area contributed by atoms with Gasteiger partial charge in [0.25, 0.3) is 11.8 Å². The van der Waals surface area contributed by atoms with Crippen LogP contribution in [0, 0.1) is 6.92 Å². The van der Waals surface area contributed by atoms with E-state index in [2.05, 4.69) is 19.2 Å². The van der Waals surface area contributed by atoms with E-state index < -0.39 is 17.8 Å². The zero-order chi connectivity index (χ0) is 27.5. The largest absolute Gasteiger partial charge is 0.492 e. The van der Waals surface area contributed by atoms with Crippen molar-refractivity contribution in [3.8, 4) is 5.75 Å². The zero-order valence-electron chi connectivity index (χ0n) is 22.3. The van der Waals surface area contributed by atoms with Crippen molar-refractivity contribution in [2.75, 3.05) is 11.5 Å². The number of aromatic nitrogens is 1. The van der Waals surface area contributed by atoms with Gasteiger partial charge in [-0.1, -0.05) is 61.9 Å². The van der Waals surface area contributed by atoms with Crippen molar-refractivity contribution in [2.24, 2.45) is 0 Å². The maximum absolute atomic E-state index is 13.5. The lowest BCUT2D eigenvalue weighted by Gasteiger charge is -2.26. The molecule has 1 atom stereocenters. The molecule has 0 saturated carbocycles. The van der Waals surface area contributed by atoms with Crippen molar-refractivity contribution in [3.05, 3.63) is 101 Å². The van der Waals surface area contributed by atoms with E-state index in [1.54, 1.807) is 18.2 Å². The Bertz CT molecular complexity index is 1570. The van der Waals surface area contributed by atoms with Crippen LogP contribution in [0.5, 0.6) is 5.75 Å². The highest BCUT2D eigenvalue weighted by molar-refractivity contribution is 6.39. The molecule has 4 amide bonds. The zero-order valence-corrected chi connectivity index (χ0v) is 22.3. The van der Waals surface area contributed by atoms with Crippen molar-refractivity contribution >= 4 is 40.5 Å². The number of carbonyl (C=O) groups is 3. The predicted molar refractivity (Wildman–Crippen MR) is 153 cm³/mol. The van der Waals surface area contributed by atoms with Crippen LogP contribution in [0.1, 0.15) is 42.9 Å². The van der Waals surface area contributed by atoms with Gasteiger partial charge in [0.2, 0.25) is 0 Å². The summed E-state index contributed by atoms with van der Waals surface area (Å²) in [5.41, 5.74) is 4.27. The molecule has 1 fully saturated rings. The molecule has 1 aliphatic heterocycles. The molecule has 1 aromatic heterocycles. The fraction of sp³-hybridized carbons (Fsp3) is 0.219. The van der Waals surface area contributed by atoms with Crippen LogP contribution < -0.4 is 15.0 Å². The third kappa shape index (κ3) is 5.34. The number of fused-ring (bicyclic) bond motifs is 1. The first-order valence-corrected chi connectivity index (χ1v) is 13.1. The van der Waals surface area contributed by atoms with Crippen molar-refractivity contribution in [1.29, 1.82) is 0 Å². The second-order valence-electron chi connectivity index (χ2n) is 9.82. The predicted octanol–water partition coefficient (Wildman–Crippen LogP) is 6.21. The van der Waals surface area contributed by atoms with E-state index in [-0.39, 0.29) is 5.57 Å². The number of rotatable bonds is 8. The maximum Gasteiger partial charge on any atom is 0.335 e. The number of nitrogens with zero attached hydrogens (tertiary/aromatic N) is 2. The molecular weight excluding hydrogens is 490 g/mol. The minimum Gasteiger partial charge on any atom is -0.492 e. The summed E-state index contributed by atoms with van der Waals surface area (Å²) in [4.78, 5) is 40.0. The number of hydrogen-bond acceptors (Lipinski definition) is 4. The molecular formula is C32H31N3O4. The lowest BCUT2D eigenvalue weighted by atomic mass is 9.98. The number of amides is 4. The average Bonchev–Trinajstić information content (AvgIpc) is 3.29. The summed E-state index contributed by atoms with van der Waals surface area (Å²) in [6.45, 7) is 7.29. The second-order valence-corrected chi connectivity index (χ2v) is 9.82. The van der Waals surface area contributed by atoms with E-state index in [4.69, 9.17) is 4.74 Å². The summed E-state index contributed by atoms with van der Waals surface area (Å²) in [6, 6.07) is 22.2. The number of ether oxygens (including phenoxy) is 1. The Morgan fingerprint density at radius 3 is 2.38 bits per heavy atom. The van der Waals surface area contributed by atoms with Gasteiger partial charge in [-0.2, -0.15) is 0 Å². The maximum atomic E-state index is 13.5. The molecule has 0 bridgehead atoms. The van der Waals surface area contributed by atoms with Crippen LogP contribution in [0.15, 0.2) is 84.6 Å². The van der Waals surface area contributed by atoms with Crippen LogP contribution in [0.2, 0.25) is 0 Å². The summed E-state index contributed by atoms with van der Waals surface area (Å²) in [5.74, 6) is -0.205. The van der Waals surface area contributed by atoms with E-state index in [1.165, 1.54) is 5.56 Å². The minimum absolute atomic E-state index is 0.0978. The topological polar surface area (TPSA) is 80.6 Å². The number of carbonyl (C=O) groups excluding carboxylic acids is 3. The molecule has 5 rings (SSSR count).